The first kappa shape index (κ1) is 29.5. The second kappa shape index (κ2) is 30.3. The van der Waals surface area contributed by atoms with Crippen molar-refractivity contribution in [1.29, 1.82) is 0 Å². The molecule has 0 aromatic carbocycles. The maximum atomic E-state index is 3.64. The van der Waals surface area contributed by atoms with Crippen LogP contribution in [0, 0.1) is 26.7 Å². The van der Waals surface area contributed by atoms with Crippen molar-refractivity contribution in [2.75, 3.05) is 0 Å². The van der Waals surface area contributed by atoms with Gasteiger partial charge in [-0.3, -0.25) is 0 Å². The third kappa shape index (κ3) is 178. The molecule has 0 unspecified atom stereocenters. The fraction of sp³-hybridized carbons (Fsp3) is 0.625. The van der Waals surface area contributed by atoms with E-state index in [-0.39, 0.29) is 72.8 Å². The molecule has 0 aliphatic carbocycles. The maximum Gasteiger partial charge on any atom is 0 e. The number of hydrogen-bond donors (Lipinski definition) is 0. The predicted molar refractivity (Wildman–Crippen MR) is 42.3 cm³/mol. The van der Waals surface area contributed by atoms with Gasteiger partial charge in [-0.15, -0.1) is 0 Å². The number of hydrogen-bond acceptors (Lipinski definition) is 0. The van der Waals surface area contributed by atoms with Gasteiger partial charge in [0.05, 0.1) is 0 Å². The molecule has 2 heteroatoms. The van der Waals surface area contributed by atoms with Crippen LogP contribution in [0.4, 0.5) is 0 Å². The van der Waals surface area contributed by atoms with E-state index in [1.54, 1.807) is 0 Å². The van der Waals surface area contributed by atoms with Crippen LogP contribution in [0.5, 0.6) is 0 Å². The predicted octanol–water partition coefficient (Wildman–Crippen LogP) is 3.15. The first-order valence-electron chi connectivity index (χ1n) is 2.72. The smallest absolute Gasteiger partial charge is 0 e. The van der Waals surface area contributed by atoms with E-state index >= 15 is 0 Å². The minimum absolute atomic E-state index is 0. The Morgan fingerprint density at radius 3 is 1.10 bits per heavy atom. The Balaban J connectivity index is -0.0000000131. The molecule has 0 aromatic heterocycles. The zero-order valence-electron chi connectivity index (χ0n) is 8.02. The van der Waals surface area contributed by atoms with Gasteiger partial charge in [0.1, 0.15) is 0 Å². The molecule has 0 spiro atoms. The fourth-order valence-electron chi connectivity index (χ4n) is 0. The van der Waals surface area contributed by atoms with Gasteiger partial charge >= 0.3 is 0 Å². The van der Waals surface area contributed by atoms with Crippen LogP contribution < -0.4 is 0 Å². The topological polar surface area (TPSA) is 0 Å². The van der Waals surface area contributed by atoms with Crippen molar-refractivity contribution in [3.63, 3.8) is 0 Å². The van der Waals surface area contributed by atoms with Crippen molar-refractivity contribution in [3.05, 3.63) is 20.8 Å². The van der Waals surface area contributed by atoms with Gasteiger partial charge < -0.3 is 20.8 Å². The molecule has 0 N–H and O–H groups in total. The first-order chi connectivity index (χ1) is 3.15. The summed E-state index contributed by atoms with van der Waals surface area (Å²) in [4.78, 5) is 0. The van der Waals surface area contributed by atoms with Gasteiger partial charge in [-0.05, 0) is 0 Å². The van der Waals surface area contributed by atoms with E-state index in [1.165, 1.54) is 0 Å². The molecule has 0 aliphatic rings. The van der Waals surface area contributed by atoms with Gasteiger partial charge in [-0.2, -0.15) is 19.8 Å². The second-order valence-corrected chi connectivity index (χ2v) is 1.97. The van der Waals surface area contributed by atoms with Crippen LogP contribution in [-0.4, -0.2) is 0 Å². The van der Waals surface area contributed by atoms with Crippen molar-refractivity contribution in [1.82, 2.24) is 0 Å². The van der Waals surface area contributed by atoms with E-state index in [4.69, 9.17) is 0 Å². The summed E-state index contributed by atoms with van der Waals surface area (Å²) in [5, 5.41) is 0. The van der Waals surface area contributed by atoms with Gasteiger partial charge in [0.2, 0.25) is 0 Å². The van der Waals surface area contributed by atoms with Gasteiger partial charge in [0.15, 0.2) is 0 Å². The summed E-state index contributed by atoms with van der Waals surface area (Å²) in [6, 6.07) is 0. The minimum Gasteiger partial charge on any atom is -0.358 e. The van der Waals surface area contributed by atoms with Crippen molar-refractivity contribution < 1.29 is 65.4 Å². The van der Waals surface area contributed by atoms with Crippen LogP contribution in [0.1, 0.15) is 27.7 Å². The molecule has 0 fully saturated rings. The van der Waals surface area contributed by atoms with E-state index in [0.717, 1.165) is 0 Å². The SMILES string of the molecule is C[CH-]C.[CH2-]C(C)C.[CH3-].[Y].[Y]. The normalized spacial score (nSPS) is 5.40. The average Bonchev–Trinajstić information content (AvgIpc) is 1.33. The summed E-state index contributed by atoms with van der Waals surface area (Å²) in [6.07, 6.45) is 2.00. The molecule has 0 saturated carbocycles. The largest absolute Gasteiger partial charge is 0.358 e. The summed E-state index contributed by atoms with van der Waals surface area (Å²) < 4.78 is 0. The number of rotatable bonds is 0. The Morgan fingerprint density at radius 2 is 1.10 bits per heavy atom. The molecule has 0 aromatic rings. The fourth-order valence-corrected chi connectivity index (χ4v) is 0. The standard InChI is InChI=1S/C4H9.C3H7.CH3.2Y/c1-4(2)3;1-3-2;;;/h4H,1H2,2-3H3;3H,1-2H3;1H3;;/q3*-1;;. The molecule has 0 rings (SSSR count). The van der Waals surface area contributed by atoms with Gasteiger partial charge in [-0.1, -0.05) is 13.8 Å². The molecule has 10 heavy (non-hydrogen) atoms. The van der Waals surface area contributed by atoms with Crippen LogP contribution >= 0.6 is 0 Å². The summed E-state index contributed by atoms with van der Waals surface area (Å²) in [5.41, 5.74) is 0. The van der Waals surface area contributed by atoms with Crippen LogP contribution in [-0.2, 0) is 65.4 Å². The third-order valence-corrected chi connectivity index (χ3v) is 0. The first-order valence-corrected chi connectivity index (χ1v) is 2.72. The molecule has 0 amide bonds. The van der Waals surface area contributed by atoms with E-state index < -0.39 is 0 Å². The Kier molecular flexibility index (Phi) is 89.5. The van der Waals surface area contributed by atoms with Crippen LogP contribution in [0.15, 0.2) is 0 Å². The summed E-state index contributed by atoms with van der Waals surface area (Å²) in [7, 11) is 0. The van der Waals surface area contributed by atoms with E-state index in [2.05, 4.69) is 20.8 Å². The van der Waals surface area contributed by atoms with Crippen molar-refractivity contribution in [2.45, 2.75) is 27.7 Å². The Labute approximate surface area is 118 Å². The molecule has 0 aliphatic heterocycles. The Hall–Kier alpha value is 2.21. The molecule has 60 valence electrons. The molecule has 0 nitrogen and oxygen atoms in total. The van der Waals surface area contributed by atoms with Gasteiger partial charge in [0, 0.05) is 65.4 Å². The van der Waals surface area contributed by atoms with Crippen molar-refractivity contribution in [3.8, 4) is 0 Å². The summed E-state index contributed by atoms with van der Waals surface area (Å²) in [6.45, 7) is 11.8. The van der Waals surface area contributed by atoms with Gasteiger partial charge in [-0.25, -0.2) is 0 Å². The van der Waals surface area contributed by atoms with Crippen molar-refractivity contribution >= 4 is 0 Å². The van der Waals surface area contributed by atoms with Crippen molar-refractivity contribution in [2.24, 2.45) is 5.92 Å². The average molecular weight is 293 g/mol. The Morgan fingerprint density at radius 1 is 1.10 bits per heavy atom. The van der Waals surface area contributed by atoms with Crippen LogP contribution in [0.25, 0.3) is 0 Å². The quantitative estimate of drug-likeness (QED) is 0.602. The zero-order chi connectivity index (χ0) is 6.28. The minimum atomic E-state index is 0. The van der Waals surface area contributed by atoms with E-state index in [1.807, 2.05) is 20.3 Å². The second-order valence-electron chi connectivity index (χ2n) is 1.97. The molecule has 0 saturated heterocycles. The van der Waals surface area contributed by atoms with E-state index in [0.29, 0.717) is 5.92 Å². The summed E-state index contributed by atoms with van der Waals surface area (Å²) >= 11 is 0. The molecular formula is C8H19Y2-3. The molecular weight excluding hydrogens is 274 g/mol. The molecule has 0 atom stereocenters. The molecule has 0 heterocycles. The Bertz CT molecular complexity index is 18.5. The molecule has 2 radical (unpaired) electrons. The third-order valence-electron chi connectivity index (χ3n) is 0. The monoisotopic (exact) mass is 293 g/mol. The van der Waals surface area contributed by atoms with E-state index in [9.17, 15) is 0 Å². The van der Waals surface area contributed by atoms with Gasteiger partial charge in [0.25, 0.3) is 0 Å². The molecule has 0 bridgehead atoms. The summed E-state index contributed by atoms with van der Waals surface area (Å²) in [5.74, 6) is 0.583. The van der Waals surface area contributed by atoms with Crippen LogP contribution in [0.2, 0.25) is 0 Å². The maximum absolute atomic E-state index is 3.64. The zero-order valence-corrected chi connectivity index (χ0v) is 13.7. The van der Waals surface area contributed by atoms with Crippen LogP contribution in [0.3, 0.4) is 0 Å².